The first-order valence-electron chi connectivity index (χ1n) is 5.93. The number of nitrogens with two attached hydrogens (primary N) is 1. The summed E-state index contributed by atoms with van der Waals surface area (Å²) < 4.78 is 39.6. The third-order valence-corrected chi connectivity index (χ3v) is 3.07. The first-order chi connectivity index (χ1) is 9.29. The molecule has 1 aromatic carbocycles. The molecule has 0 aliphatic carbocycles. The molecule has 0 unspecified atom stereocenters. The second kappa shape index (κ2) is 5.07. The Kier molecular flexibility index (Phi) is 3.61. The van der Waals surface area contributed by atoms with Crippen LogP contribution < -0.4 is 10.6 Å². The zero-order valence-corrected chi connectivity index (χ0v) is 11.1. The van der Waals surface area contributed by atoms with Gasteiger partial charge in [0, 0.05) is 26.5 Å². The maximum absolute atomic E-state index is 12.6. The number of imidazole rings is 1. The highest BCUT2D eigenvalue weighted by molar-refractivity contribution is 5.68. The maximum Gasteiger partial charge on any atom is 0.416 e. The molecule has 1 aromatic heterocycles. The Balaban J connectivity index is 2.23. The van der Waals surface area contributed by atoms with Gasteiger partial charge in [0.1, 0.15) is 5.82 Å². The SMILES string of the molecule is CN(Cc1nccn1C)c1ccc(C(F)(F)F)cc1N. The minimum Gasteiger partial charge on any atom is -0.397 e. The first kappa shape index (κ1) is 14.2. The standard InChI is InChI=1S/C13H15F3N4/c1-19-6-5-18-12(19)8-20(2)11-4-3-9(7-10(11)17)13(14,15)16/h3-7H,8,17H2,1-2H3. The van der Waals surface area contributed by atoms with Gasteiger partial charge in [0.2, 0.25) is 0 Å². The molecule has 2 N–H and O–H groups in total. The molecule has 4 nitrogen and oxygen atoms in total. The molecular formula is C13H15F3N4. The van der Waals surface area contributed by atoms with Crippen LogP contribution in [0.1, 0.15) is 11.4 Å². The second-order valence-electron chi connectivity index (χ2n) is 4.58. The lowest BCUT2D eigenvalue weighted by Gasteiger charge is -2.21. The molecule has 2 aromatic rings. The van der Waals surface area contributed by atoms with E-state index in [1.807, 2.05) is 11.6 Å². The predicted octanol–water partition coefficient (Wildman–Crippen LogP) is 2.66. The summed E-state index contributed by atoms with van der Waals surface area (Å²) in [6.07, 6.45) is -0.913. The van der Waals surface area contributed by atoms with Crippen LogP contribution in [0, 0.1) is 0 Å². The number of nitrogen functional groups attached to an aromatic ring is 1. The molecule has 0 spiro atoms. The normalized spacial score (nSPS) is 11.7. The maximum atomic E-state index is 12.6. The summed E-state index contributed by atoms with van der Waals surface area (Å²) in [5.74, 6) is 0.798. The number of halogens is 3. The van der Waals surface area contributed by atoms with Gasteiger partial charge < -0.3 is 15.2 Å². The Morgan fingerprint density at radius 1 is 1.35 bits per heavy atom. The van der Waals surface area contributed by atoms with Crippen molar-refractivity contribution in [3.63, 3.8) is 0 Å². The number of rotatable bonds is 3. The summed E-state index contributed by atoms with van der Waals surface area (Å²) in [6.45, 7) is 0.457. The van der Waals surface area contributed by atoms with E-state index in [1.54, 1.807) is 24.3 Å². The molecule has 0 bridgehead atoms. The highest BCUT2D eigenvalue weighted by atomic mass is 19.4. The fraction of sp³-hybridized carbons (Fsp3) is 0.308. The second-order valence-corrected chi connectivity index (χ2v) is 4.58. The number of hydrogen-bond acceptors (Lipinski definition) is 3. The summed E-state index contributed by atoms with van der Waals surface area (Å²) >= 11 is 0. The van der Waals surface area contributed by atoms with E-state index in [-0.39, 0.29) is 5.69 Å². The largest absolute Gasteiger partial charge is 0.416 e. The highest BCUT2D eigenvalue weighted by Gasteiger charge is 2.31. The van der Waals surface area contributed by atoms with Crippen LogP contribution in [0.2, 0.25) is 0 Å². The molecule has 0 amide bonds. The van der Waals surface area contributed by atoms with Crippen molar-refractivity contribution in [2.24, 2.45) is 7.05 Å². The van der Waals surface area contributed by atoms with E-state index in [1.165, 1.54) is 6.07 Å². The number of nitrogens with zero attached hydrogens (tertiary/aromatic N) is 3. The smallest absolute Gasteiger partial charge is 0.397 e. The van der Waals surface area contributed by atoms with Crippen molar-refractivity contribution in [3.8, 4) is 0 Å². The van der Waals surface area contributed by atoms with Gasteiger partial charge >= 0.3 is 6.18 Å². The summed E-state index contributed by atoms with van der Waals surface area (Å²) in [7, 11) is 3.61. The zero-order chi connectivity index (χ0) is 14.9. The van der Waals surface area contributed by atoms with Crippen molar-refractivity contribution in [3.05, 3.63) is 42.0 Å². The van der Waals surface area contributed by atoms with E-state index < -0.39 is 11.7 Å². The van der Waals surface area contributed by atoms with Crippen molar-refractivity contribution in [2.45, 2.75) is 12.7 Å². The van der Waals surface area contributed by atoms with Gasteiger partial charge in [-0.2, -0.15) is 13.2 Å². The third-order valence-electron chi connectivity index (χ3n) is 3.07. The van der Waals surface area contributed by atoms with Crippen molar-refractivity contribution in [1.29, 1.82) is 0 Å². The van der Waals surface area contributed by atoms with Gasteiger partial charge in [0.25, 0.3) is 0 Å². The van der Waals surface area contributed by atoms with E-state index >= 15 is 0 Å². The van der Waals surface area contributed by atoms with E-state index in [0.717, 1.165) is 18.0 Å². The van der Waals surface area contributed by atoms with Crippen molar-refractivity contribution in [2.75, 3.05) is 17.7 Å². The van der Waals surface area contributed by atoms with E-state index in [9.17, 15) is 13.2 Å². The summed E-state index contributed by atoms with van der Waals surface area (Å²) in [6, 6.07) is 3.35. The Bertz CT molecular complexity index is 604. The molecule has 0 atom stereocenters. The molecule has 0 saturated heterocycles. The number of hydrogen-bond donors (Lipinski definition) is 1. The van der Waals surface area contributed by atoms with Gasteiger partial charge in [-0.05, 0) is 18.2 Å². The predicted molar refractivity (Wildman–Crippen MR) is 71.2 cm³/mol. The van der Waals surface area contributed by atoms with Crippen molar-refractivity contribution < 1.29 is 13.2 Å². The number of anilines is 2. The Morgan fingerprint density at radius 3 is 2.55 bits per heavy atom. The number of alkyl halides is 3. The van der Waals surface area contributed by atoms with Crippen LogP contribution in [-0.2, 0) is 19.8 Å². The minimum absolute atomic E-state index is 0.0940. The van der Waals surface area contributed by atoms with Crippen LogP contribution in [0.15, 0.2) is 30.6 Å². The van der Waals surface area contributed by atoms with E-state index in [4.69, 9.17) is 5.73 Å². The molecule has 2 rings (SSSR count). The van der Waals surface area contributed by atoms with Crippen LogP contribution in [0.5, 0.6) is 0 Å². The molecule has 0 fully saturated rings. The molecule has 1 heterocycles. The van der Waals surface area contributed by atoms with E-state index in [0.29, 0.717) is 12.2 Å². The zero-order valence-electron chi connectivity index (χ0n) is 11.1. The summed E-state index contributed by atoms with van der Waals surface area (Å²) in [5, 5.41) is 0. The van der Waals surface area contributed by atoms with Crippen LogP contribution in [-0.4, -0.2) is 16.6 Å². The average Bonchev–Trinajstić information content (AvgIpc) is 2.73. The van der Waals surface area contributed by atoms with Crippen LogP contribution >= 0.6 is 0 Å². The number of aromatic nitrogens is 2. The van der Waals surface area contributed by atoms with Gasteiger partial charge in [-0.3, -0.25) is 0 Å². The van der Waals surface area contributed by atoms with Crippen molar-refractivity contribution in [1.82, 2.24) is 9.55 Å². The van der Waals surface area contributed by atoms with E-state index in [2.05, 4.69) is 4.98 Å². The number of aryl methyl sites for hydroxylation is 1. The first-order valence-corrected chi connectivity index (χ1v) is 5.93. The lowest BCUT2D eigenvalue weighted by molar-refractivity contribution is -0.137. The Hall–Kier alpha value is -2.18. The fourth-order valence-electron chi connectivity index (χ4n) is 1.92. The lowest BCUT2D eigenvalue weighted by Crippen LogP contribution is -2.20. The molecule has 0 radical (unpaired) electrons. The monoisotopic (exact) mass is 284 g/mol. The lowest BCUT2D eigenvalue weighted by atomic mass is 10.1. The molecule has 0 aliphatic rings. The van der Waals surface area contributed by atoms with Crippen molar-refractivity contribution >= 4 is 11.4 Å². The quantitative estimate of drug-likeness (QED) is 0.881. The van der Waals surface area contributed by atoms with Crippen LogP contribution in [0.3, 0.4) is 0 Å². The molecule has 0 saturated carbocycles. The van der Waals surface area contributed by atoms with Crippen LogP contribution in [0.25, 0.3) is 0 Å². The summed E-state index contributed by atoms with van der Waals surface area (Å²) in [4.78, 5) is 5.93. The third kappa shape index (κ3) is 2.87. The molecular weight excluding hydrogens is 269 g/mol. The topological polar surface area (TPSA) is 47.1 Å². The molecule has 20 heavy (non-hydrogen) atoms. The Labute approximate surface area is 114 Å². The van der Waals surface area contributed by atoms with Gasteiger partial charge in [0.15, 0.2) is 0 Å². The highest BCUT2D eigenvalue weighted by Crippen LogP contribution is 2.34. The number of benzene rings is 1. The molecule has 7 heteroatoms. The fourth-order valence-corrected chi connectivity index (χ4v) is 1.92. The minimum atomic E-state index is -4.38. The van der Waals surface area contributed by atoms with Crippen LogP contribution in [0.4, 0.5) is 24.5 Å². The van der Waals surface area contributed by atoms with Gasteiger partial charge in [-0.15, -0.1) is 0 Å². The Morgan fingerprint density at radius 2 is 2.05 bits per heavy atom. The van der Waals surface area contributed by atoms with Gasteiger partial charge in [0.05, 0.1) is 23.5 Å². The molecule has 108 valence electrons. The summed E-state index contributed by atoms with van der Waals surface area (Å²) in [5.41, 5.74) is 5.61. The van der Waals surface area contributed by atoms with Gasteiger partial charge in [-0.1, -0.05) is 0 Å². The molecule has 0 aliphatic heterocycles. The van der Waals surface area contributed by atoms with Gasteiger partial charge in [-0.25, -0.2) is 4.98 Å². The average molecular weight is 284 g/mol.